The minimum atomic E-state index is -0.981. The number of allylic oxidation sites excluding steroid dienone is 4. The van der Waals surface area contributed by atoms with E-state index in [4.69, 9.17) is 0 Å². The molecule has 0 saturated heterocycles. The van der Waals surface area contributed by atoms with E-state index in [0.29, 0.717) is 0 Å². The van der Waals surface area contributed by atoms with Crippen LogP contribution in [0.5, 0.6) is 0 Å². The summed E-state index contributed by atoms with van der Waals surface area (Å²) in [5.74, 6) is 0. The third-order valence-corrected chi connectivity index (χ3v) is 3.64. The molecule has 1 aliphatic carbocycles. The topological polar surface area (TPSA) is 0 Å². The molecule has 0 fully saturated rings. The van der Waals surface area contributed by atoms with Gasteiger partial charge in [0, 0.05) is 0 Å². The second kappa shape index (κ2) is 3.62. The van der Waals surface area contributed by atoms with Gasteiger partial charge < -0.3 is 0 Å². The molecule has 0 amide bonds. The predicted molar refractivity (Wildman–Crippen MR) is 43.9 cm³/mol. The minimum Gasteiger partial charge on any atom is -0.273 e. The van der Waals surface area contributed by atoms with Crippen LogP contribution in [0.4, 0.5) is 0 Å². The number of hydrogen-bond donors (Lipinski definition) is 0. The van der Waals surface area contributed by atoms with Gasteiger partial charge in [0.15, 0.2) is 0 Å². The third-order valence-electron chi connectivity index (χ3n) is 1.56. The van der Waals surface area contributed by atoms with Crippen LogP contribution in [0.3, 0.4) is 0 Å². The molecular formula is C8H13LiSi. The van der Waals surface area contributed by atoms with Crippen LogP contribution in [0.25, 0.3) is 0 Å². The van der Waals surface area contributed by atoms with Gasteiger partial charge in [-0.1, -0.05) is 19.6 Å². The SMILES string of the molecule is C[Si](C)(C)C1=CC[C-]=C1.[Li+]. The largest absolute Gasteiger partial charge is 1.00 e. The molecule has 50 valence electrons. The van der Waals surface area contributed by atoms with Crippen molar-refractivity contribution in [1.82, 2.24) is 0 Å². The average molecular weight is 144 g/mol. The van der Waals surface area contributed by atoms with E-state index in [1.807, 2.05) is 0 Å². The van der Waals surface area contributed by atoms with Crippen LogP contribution in [-0.4, -0.2) is 8.07 Å². The molecule has 0 nitrogen and oxygen atoms in total. The zero-order valence-corrected chi connectivity index (χ0v) is 8.36. The Morgan fingerprint density at radius 2 is 2.00 bits per heavy atom. The molecule has 0 aliphatic heterocycles. The van der Waals surface area contributed by atoms with Gasteiger partial charge in [0.25, 0.3) is 0 Å². The van der Waals surface area contributed by atoms with Crippen molar-refractivity contribution in [3.63, 3.8) is 0 Å². The molecule has 0 spiro atoms. The Hall–Kier alpha value is 0.294. The van der Waals surface area contributed by atoms with E-state index in [0.717, 1.165) is 6.42 Å². The van der Waals surface area contributed by atoms with Crippen LogP contribution in [0.1, 0.15) is 6.42 Å². The normalized spacial score (nSPS) is 16.5. The second-order valence-electron chi connectivity index (χ2n) is 3.46. The fourth-order valence-corrected chi connectivity index (χ4v) is 2.17. The fraction of sp³-hybridized carbons (Fsp3) is 0.500. The van der Waals surface area contributed by atoms with Crippen LogP contribution in [0.15, 0.2) is 17.3 Å². The first-order chi connectivity index (χ1) is 4.11. The van der Waals surface area contributed by atoms with Gasteiger partial charge in [-0.3, -0.25) is 6.08 Å². The first-order valence-corrected chi connectivity index (χ1v) is 6.88. The first kappa shape index (κ1) is 10.3. The van der Waals surface area contributed by atoms with Crippen molar-refractivity contribution in [1.29, 1.82) is 0 Å². The van der Waals surface area contributed by atoms with Gasteiger partial charge in [-0.2, -0.15) is 6.08 Å². The first-order valence-electron chi connectivity index (χ1n) is 3.38. The summed E-state index contributed by atoms with van der Waals surface area (Å²) in [4.78, 5) is 0. The molecule has 0 bridgehead atoms. The molecule has 0 saturated carbocycles. The molecule has 0 radical (unpaired) electrons. The Morgan fingerprint density at radius 1 is 1.40 bits per heavy atom. The maximum Gasteiger partial charge on any atom is 1.00 e. The summed E-state index contributed by atoms with van der Waals surface area (Å²) in [7, 11) is -0.981. The van der Waals surface area contributed by atoms with Crippen LogP contribution in [-0.2, 0) is 0 Å². The smallest absolute Gasteiger partial charge is 0.273 e. The molecule has 0 atom stereocenters. The Kier molecular flexibility index (Phi) is 3.72. The van der Waals surface area contributed by atoms with Gasteiger partial charge in [0.1, 0.15) is 0 Å². The van der Waals surface area contributed by atoms with Gasteiger partial charge >= 0.3 is 18.9 Å². The number of hydrogen-bond acceptors (Lipinski definition) is 0. The molecule has 0 aromatic rings. The molecule has 0 N–H and O–H groups in total. The zero-order valence-electron chi connectivity index (χ0n) is 7.36. The van der Waals surface area contributed by atoms with Crippen LogP contribution >= 0.6 is 0 Å². The molecule has 0 unspecified atom stereocenters. The Bertz CT molecular complexity index is 163. The Morgan fingerprint density at radius 3 is 2.20 bits per heavy atom. The summed E-state index contributed by atoms with van der Waals surface area (Å²) in [6.45, 7) is 7.09. The monoisotopic (exact) mass is 144 g/mol. The van der Waals surface area contributed by atoms with Crippen molar-refractivity contribution in [3.05, 3.63) is 23.4 Å². The quantitative estimate of drug-likeness (QED) is 0.346. The van der Waals surface area contributed by atoms with E-state index in [-0.39, 0.29) is 18.9 Å². The molecule has 0 heterocycles. The van der Waals surface area contributed by atoms with Gasteiger partial charge in [0.05, 0.1) is 0 Å². The molecule has 1 rings (SSSR count). The van der Waals surface area contributed by atoms with Crippen molar-refractivity contribution in [2.24, 2.45) is 0 Å². The van der Waals surface area contributed by atoms with Crippen molar-refractivity contribution >= 4 is 8.07 Å². The molecule has 10 heavy (non-hydrogen) atoms. The predicted octanol–water partition coefficient (Wildman–Crippen LogP) is -0.443. The van der Waals surface area contributed by atoms with E-state index in [2.05, 4.69) is 37.9 Å². The van der Waals surface area contributed by atoms with Crippen molar-refractivity contribution < 1.29 is 18.9 Å². The van der Waals surface area contributed by atoms with E-state index >= 15 is 0 Å². The van der Waals surface area contributed by atoms with Gasteiger partial charge in [0.2, 0.25) is 0 Å². The summed E-state index contributed by atoms with van der Waals surface area (Å²) in [6.07, 6.45) is 8.69. The fourth-order valence-electron chi connectivity index (χ4n) is 0.919. The van der Waals surface area contributed by atoms with Gasteiger partial charge in [-0.05, 0) is 8.07 Å². The molecule has 2 heteroatoms. The molecule has 1 aliphatic rings. The van der Waals surface area contributed by atoms with Crippen LogP contribution < -0.4 is 18.9 Å². The third kappa shape index (κ3) is 2.50. The summed E-state index contributed by atoms with van der Waals surface area (Å²) >= 11 is 0. The molecule has 0 aromatic carbocycles. The van der Waals surface area contributed by atoms with E-state index in [1.54, 1.807) is 5.20 Å². The van der Waals surface area contributed by atoms with Crippen LogP contribution in [0, 0.1) is 6.08 Å². The summed E-state index contributed by atoms with van der Waals surface area (Å²) in [5, 5.41) is 1.56. The zero-order chi connectivity index (χ0) is 6.91. The van der Waals surface area contributed by atoms with E-state index in [1.165, 1.54) is 0 Å². The summed E-state index contributed by atoms with van der Waals surface area (Å²) in [5.41, 5.74) is 0. The van der Waals surface area contributed by atoms with Crippen molar-refractivity contribution in [3.8, 4) is 0 Å². The second-order valence-corrected chi connectivity index (χ2v) is 8.54. The Labute approximate surface area is 76.6 Å². The maximum absolute atomic E-state index is 3.20. The maximum atomic E-state index is 3.20. The standard InChI is InChI=1S/C8H13Si.Li/c1-9(2,3)8-6-4-5-7-8;/h6-7H,4H2,1-3H3;/q-1;+1. The molecular weight excluding hydrogens is 131 g/mol. The average Bonchev–Trinajstić information content (AvgIpc) is 2.08. The van der Waals surface area contributed by atoms with E-state index < -0.39 is 8.07 Å². The van der Waals surface area contributed by atoms with E-state index in [9.17, 15) is 0 Å². The van der Waals surface area contributed by atoms with Crippen LogP contribution in [0.2, 0.25) is 19.6 Å². The summed E-state index contributed by atoms with van der Waals surface area (Å²) in [6, 6.07) is 0. The molecule has 0 aromatic heterocycles. The number of rotatable bonds is 1. The van der Waals surface area contributed by atoms with Crippen molar-refractivity contribution in [2.45, 2.75) is 26.1 Å². The van der Waals surface area contributed by atoms with Gasteiger partial charge in [-0.25, -0.2) is 11.3 Å². The minimum absolute atomic E-state index is 0. The Balaban J connectivity index is 0.000000810. The van der Waals surface area contributed by atoms with Crippen molar-refractivity contribution in [2.75, 3.05) is 0 Å². The summed E-state index contributed by atoms with van der Waals surface area (Å²) < 4.78 is 0. The van der Waals surface area contributed by atoms with Gasteiger partial charge in [-0.15, -0.1) is 6.42 Å².